The Bertz CT molecular complexity index is 616. The summed E-state index contributed by atoms with van der Waals surface area (Å²) in [6.45, 7) is 4.76. The van der Waals surface area contributed by atoms with Crippen LogP contribution in [0.1, 0.15) is 30.3 Å². The minimum absolute atomic E-state index is 0.145. The van der Waals surface area contributed by atoms with Gasteiger partial charge < -0.3 is 4.74 Å². The van der Waals surface area contributed by atoms with Crippen molar-refractivity contribution in [1.82, 2.24) is 18.6 Å². The SMILES string of the molecule is Cc1nccc([C@H]2CCCN(S(=O)(=O)N3CCOCC3)C2)n1. The highest BCUT2D eigenvalue weighted by Gasteiger charge is 2.35. The van der Waals surface area contributed by atoms with Gasteiger partial charge in [-0.05, 0) is 25.8 Å². The number of ether oxygens (including phenoxy) is 1. The van der Waals surface area contributed by atoms with Crippen LogP contribution in [0.4, 0.5) is 0 Å². The van der Waals surface area contributed by atoms with E-state index in [4.69, 9.17) is 4.74 Å². The number of hydrogen-bond acceptors (Lipinski definition) is 5. The van der Waals surface area contributed by atoms with Crippen LogP contribution < -0.4 is 0 Å². The normalized spacial score (nSPS) is 25.2. The average Bonchev–Trinajstić information content (AvgIpc) is 2.56. The molecule has 22 heavy (non-hydrogen) atoms. The largest absolute Gasteiger partial charge is 0.379 e. The van der Waals surface area contributed by atoms with Gasteiger partial charge >= 0.3 is 0 Å². The molecule has 0 aliphatic carbocycles. The Kier molecular flexibility index (Phi) is 4.72. The van der Waals surface area contributed by atoms with Crippen molar-refractivity contribution in [2.75, 3.05) is 39.4 Å². The van der Waals surface area contributed by atoms with Crippen molar-refractivity contribution in [3.63, 3.8) is 0 Å². The molecule has 122 valence electrons. The number of aryl methyl sites for hydroxylation is 1. The highest BCUT2D eigenvalue weighted by atomic mass is 32.2. The predicted molar refractivity (Wildman–Crippen MR) is 81.6 cm³/mol. The highest BCUT2D eigenvalue weighted by Crippen LogP contribution is 2.28. The molecule has 0 amide bonds. The van der Waals surface area contributed by atoms with Crippen molar-refractivity contribution in [3.05, 3.63) is 23.8 Å². The second-order valence-corrected chi connectivity index (χ2v) is 7.67. The summed E-state index contributed by atoms with van der Waals surface area (Å²) in [6.07, 6.45) is 3.57. The molecule has 0 bridgehead atoms. The van der Waals surface area contributed by atoms with Gasteiger partial charge in [-0.1, -0.05) is 0 Å². The summed E-state index contributed by atoms with van der Waals surface area (Å²) in [7, 11) is -3.39. The Morgan fingerprint density at radius 2 is 2.00 bits per heavy atom. The molecule has 2 saturated heterocycles. The van der Waals surface area contributed by atoms with Crippen LogP contribution in [0.3, 0.4) is 0 Å². The van der Waals surface area contributed by atoms with E-state index in [0.717, 1.165) is 24.4 Å². The van der Waals surface area contributed by atoms with Gasteiger partial charge in [0.2, 0.25) is 0 Å². The maximum atomic E-state index is 12.7. The molecule has 0 radical (unpaired) electrons. The monoisotopic (exact) mass is 326 g/mol. The van der Waals surface area contributed by atoms with Crippen molar-refractivity contribution in [1.29, 1.82) is 0 Å². The molecule has 3 rings (SSSR count). The van der Waals surface area contributed by atoms with E-state index in [0.29, 0.717) is 39.4 Å². The summed E-state index contributed by atoms with van der Waals surface area (Å²) in [4.78, 5) is 8.57. The van der Waals surface area contributed by atoms with Crippen molar-refractivity contribution in [3.8, 4) is 0 Å². The van der Waals surface area contributed by atoms with Crippen molar-refractivity contribution < 1.29 is 13.2 Å². The number of piperidine rings is 1. The van der Waals surface area contributed by atoms with E-state index in [1.807, 2.05) is 13.0 Å². The van der Waals surface area contributed by atoms with Crippen LogP contribution in [0.2, 0.25) is 0 Å². The van der Waals surface area contributed by atoms with Gasteiger partial charge in [-0.25, -0.2) is 9.97 Å². The third kappa shape index (κ3) is 3.29. The van der Waals surface area contributed by atoms with Gasteiger partial charge in [0.05, 0.1) is 13.2 Å². The first-order valence-electron chi connectivity index (χ1n) is 7.70. The van der Waals surface area contributed by atoms with Gasteiger partial charge in [-0.2, -0.15) is 17.0 Å². The van der Waals surface area contributed by atoms with Gasteiger partial charge in [0.1, 0.15) is 5.82 Å². The van der Waals surface area contributed by atoms with Gasteiger partial charge in [0.25, 0.3) is 10.2 Å². The van der Waals surface area contributed by atoms with Crippen LogP contribution in [0.5, 0.6) is 0 Å². The van der Waals surface area contributed by atoms with Crippen LogP contribution >= 0.6 is 0 Å². The number of morpholine rings is 1. The minimum Gasteiger partial charge on any atom is -0.379 e. The molecule has 2 aliphatic rings. The van der Waals surface area contributed by atoms with Crippen molar-refractivity contribution in [2.45, 2.75) is 25.7 Å². The summed E-state index contributed by atoms with van der Waals surface area (Å²) >= 11 is 0. The van der Waals surface area contributed by atoms with E-state index in [1.165, 1.54) is 4.31 Å². The average molecular weight is 326 g/mol. The first kappa shape index (κ1) is 15.8. The van der Waals surface area contributed by atoms with Crippen LogP contribution in [0.15, 0.2) is 12.3 Å². The summed E-state index contributed by atoms with van der Waals surface area (Å²) in [5, 5.41) is 0. The molecule has 1 atom stereocenters. The van der Waals surface area contributed by atoms with Gasteiger partial charge in [0, 0.05) is 44.0 Å². The number of aromatic nitrogens is 2. The lowest BCUT2D eigenvalue weighted by Gasteiger charge is -2.36. The summed E-state index contributed by atoms with van der Waals surface area (Å²) in [5.74, 6) is 0.872. The molecule has 0 N–H and O–H groups in total. The maximum Gasteiger partial charge on any atom is 0.282 e. The first-order valence-corrected chi connectivity index (χ1v) is 9.09. The molecule has 1 aromatic heterocycles. The van der Waals surface area contributed by atoms with Gasteiger partial charge in [-0.3, -0.25) is 0 Å². The highest BCUT2D eigenvalue weighted by molar-refractivity contribution is 7.86. The van der Waals surface area contributed by atoms with Crippen LogP contribution in [-0.4, -0.2) is 66.4 Å². The Balaban J connectivity index is 1.75. The quantitative estimate of drug-likeness (QED) is 0.810. The molecule has 0 aromatic carbocycles. The van der Waals surface area contributed by atoms with Crippen LogP contribution in [0.25, 0.3) is 0 Å². The Morgan fingerprint density at radius 1 is 1.23 bits per heavy atom. The van der Waals surface area contributed by atoms with Crippen LogP contribution in [-0.2, 0) is 14.9 Å². The number of rotatable bonds is 3. The maximum absolute atomic E-state index is 12.7. The topological polar surface area (TPSA) is 75.6 Å². The van der Waals surface area contributed by atoms with E-state index >= 15 is 0 Å². The number of nitrogens with zero attached hydrogens (tertiary/aromatic N) is 4. The molecule has 0 saturated carbocycles. The molecule has 2 aliphatic heterocycles. The lowest BCUT2D eigenvalue weighted by atomic mass is 9.96. The molecular formula is C14H22N4O3S. The molecule has 2 fully saturated rings. The minimum atomic E-state index is -3.39. The third-order valence-electron chi connectivity index (χ3n) is 4.22. The zero-order valence-corrected chi connectivity index (χ0v) is 13.6. The van der Waals surface area contributed by atoms with Crippen molar-refractivity contribution >= 4 is 10.2 Å². The van der Waals surface area contributed by atoms with E-state index in [-0.39, 0.29) is 5.92 Å². The predicted octanol–water partition coefficient (Wildman–Crippen LogP) is 0.541. The fourth-order valence-electron chi connectivity index (χ4n) is 3.04. The molecular weight excluding hydrogens is 304 g/mol. The second kappa shape index (κ2) is 6.57. The fourth-order valence-corrected chi connectivity index (χ4v) is 4.70. The summed E-state index contributed by atoms with van der Waals surface area (Å²) in [6, 6.07) is 1.89. The molecule has 7 nitrogen and oxygen atoms in total. The third-order valence-corrected chi connectivity index (χ3v) is 6.22. The van der Waals surface area contributed by atoms with E-state index in [2.05, 4.69) is 9.97 Å². The fraction of sp³-hybridized carbons (Fsp3) is 0.714. The Labute approximate surface area is 131 Å². The lowest BCUT2D eigenvalue weighted by molar-refractivity contribution is 0.0695. The van der Waals surface area contributed by atoms with Crippen LogP contribution in [0, 0.1) is 6.92 Å². The second-order valence-electron chi connectivity index (χ2n) is 5.75. The van der Waals surface area contributed by atoms with E-state index in [1.54, 1.807) is 10.5 Å². The Morgan fingerprint density at radius 3 is 2.73 bits per heavy atom. The first-order chi connectivity index (χ1) is 10.6. The smallest absolute Gasteiger partial charge is 0.282 e. The lowest BCUT2D eigenvalue weighted by Crippen LogP contribution is -2.51. The molecule has 3 heterocycles. The number of hydrogen-bond donors (Lipinski definition) is 0. The summed E-state index contributed by atoms with van der Waals surface area (Å²) < 4.78 is 33.9. The van der Waals surface area contributed by atoms with E-state index in [9.17, 15) is 8.42 Å². The van der Waals surface area contributed by atoms with Crippen molar-refractivity contribution in [2.24, 2.45) is 0 Å². The summed E-state index contributed by atoms with van der Waals surface area (Å²) in [5.41, 5.74) is 0.939. The standard InChI is InChI=1S/C14H22N4O3S/c1-12-15-5-4-14(16-12)13-3-2-6-18(11-13)22(19,20)17-7-9-21-10-8-17/h4-5,13H,2-3,6-11H2,1H3/t13-/m0/s1. The van der Waals surface area contributed by atoms with Gasteiger partial charge in [0.15, 0.2) is 0 Å². The Hall–Kier alpha value is -1.09. The molecule has 8 heteroatoms. The molecule has 0 spiro atoms. The molecule has 1 aromatic rings. The zero-order valence-electron chi connectivity index (χ0n) is 12.8. The van der Waals surface area contributed by atoms with E-state index < -0.39 is 10.2 Å². The zero-order chi connectivity index (χ0) is 15.6. The van der Waals surface area contributed by atoms with Gasteiger partial charge in [-0.15, -0.1) is 0 Å². The molecule has 0 unspecified atom stereocenters.